The van der Waals surface area contributed by atoms with Crippen molar-refractivity contribution < 1.29 is 19.1 Å². The number of carbonyl (C=O) groups excluding carboxylic acids is 3. The van der Waals surface area contributed by atoms with Crippen molar-refractivity contribution in [2.24, 2.45) is 0 Å². The van der Waals surface area contributed by atoms with Crippen LogP contribution in [0.15, 0.2) is 42.5 Å². The molecule has 0 saturated carbocycles. The first-order chi connectivity index (χ1) is 20.3. The minimum atomic E-state index is -0.183. The lowest BCUT2D eigenvalue weighted by Crippen LogP contribution is -2.39. The van der Waals surface area contributed by atoms with Crippen LogP contribution >= 0.6 is 36.9 Å². The van der Waals surface area contributed by atoms with Crippen LogP contribution in [0.4, 0.5) is 0 Å². The third-order valence-electron chi connectivity index (χ3n) is 7.11. The number of unbranched alkanes of at least 4 members (excludes halogenated alkanes) is 3. The number of amides is 2. The molecule has 0 bridgehead atoms. The number of halogens is 1. The van der Waals surface area contributed by atoms with Crippen molar-refractivity contribution in [3.63, 3.8) is 0 Å². The minimum absolute atomic E-state index is 0.0136. The van der Waals surface area contributed by atoms with Crippen molar-refractivity contribution in [1.29, 1.82) is 0 Å². The topological polar surface area (TPSA) is 92.7 Å². The fraction of sp³-hybridized carbons (Fsp3) is 0.452. The molecule has 2 N–H and O–H groups in total. The van der Waals surface area contributed by atoms with Crippen molar-refractivity contribution in [3.8, 4) is 5.75 Å². The van der Waals surface area contributed by atoms with Crippen molar-refractivity contribution in [1.82, 2.24) is 20.1 Å². The van der Waals surface area contributed by atoms with Crippen LogP contribution in [0.2, 0.25) is 5.02 Å². The van der Waals surface area contributed by atoms with Crippen LogP contribution in [0.25, 0.3) is 10.9 Å². The maximum Gasteiger partial charge on any atom is 0.262 e. The average molecular weight is 633 g/mol. The Morgan fingerprint density at radius 2 is 1.62 bits per heavy atom. The smallest absolute Gasteiger partial charge is 0.262 e. The molecule has 8 nitrogen and oxygen atoms in total. The highest BCUT2D eigenvalue weighted by Crippen LogP contribution is 2.31. The number of nitrogens with one attached hydrogen (secondary N) is 2. The molecule has 0 aliphatic carbocycles. The van der Waals surface area contributed by atoms with Gasteiger partial charge in [0.15, 0.2) is 0 Å². The molecule has 0 atom stereocenters. The molecule has 228 valence electrons. The second-order valence-electron chi connectivity index (χ2n) is 10.1. The molecule has 0 aliphatic heterocycles. The summed E-state index contributed by atoms with van der Waals surface area (Å²) in [6.45, 7) is 4.99. The van der Waals surface area contributed by atoms with Gasteiger partial charge in [-0.2, -0.15) is 25.3 Å². The van der Waals surface area contributed by atoms with Gasteiger partial charge in [-0.25, -0.2) is 0 Å². The maximum atomic E-state index is 13.5. The second-order valence-corrected chi connectivity index (χ2v) is 11.4. The molecule has 0 radical (unpaired) electrons. The van der Waals surface area contributed by atoms with E-state index in [0.717, 1.165) is 60.9 Å². The fourth-order valence-corrected chi connectivity index (χ4v) is 5.45. The molecule has 1 aromatic heterocycles. The summed E-state index contributed by atoms with van der Waals surface area (Å²) in [4.78, 5) is 40.6. The lowest BCUT2D eigenvalue weighted by atomic mass is 10.1. The Morgan fingerprint density at radius 1 is 0.905 bits per heavy atom. The Labute approximate surface area is 264 Å². The summed E-state index contributed by atoms with van der Waals surface area (Å²) in [6.07, 6.45) is 3.99. The zero-order chi connectivity index (χ0) is 30.5. The van der Waals surface area contributed by atoms with Gasteiger partial charge in [-0.15, -0.1) is 0 Å². The summed E-state index contributed by atoms with van der Waals surface area (Å²) >= 11 is 14.5. The zero-order valence-electron chi connectivity index (χ0n) is 24.3. The first-order valence-electron chi connectivity index (χ1n) is 14.2. The molecule has 0 spiro atoms. The fourth-order valence-electron chi connectivity index (χ4n) is 4.93. The van der Waals surface area contributed by atoms with Gasteiger partial charge in [0, 0.05) is 52.8 Å². The Hall–Kier alpha value is -2.66. The van der Waals surface area contributed by atoms with Gasteiger partial charge in [-0.1, -0.05) is 24.4 Å². The van der Waals surface area contributed by atoms with Crippen LogP contribution < -0.4 is 15.4 Å². The number of thiol groups is 2. The number of aromatic nitrogens is 1. The van der Waals surface area contributed by atoms with Gasteiger partial charge in [0.25, 0.3) is 5.91 Å². The van der Waals surface area contributed by atoms with Crippen LogP contribution in [0.3, 0.4) is 0 Å². The number of methoxy groups -OCH3 is 1. The van der Waals surface area contributed by atoms with Crippen LogP contribution in [0.1, 0.15) is 47.3 Å². The van der Waals surface area contributed by atoms with E-state index in [0.29, 0.717) is 47.5 Å². The highest BCUT2D eigenvalue weighted by atomic mass is 35.5. The van der Waals surface area contributed by atoms with Crippen LogP contribution in [-0.4, -0.2) is 78.5 Å². The first-order valence-corrected chi connectivity index (χ1v) is 15.9. The SMILES string of the molecule is COc1ccc2c(c1)c(CC(=O)NCCCCCCN(CCS)CC(=O)NCCS)c(C)n2C(=O)c1ccc(Cl)cc1. The van der Waals surface area contributed by atoms with E-state index in [9.17, 15) is 14.4 Å². The van der Waals surface area contributed by atoms with E-state index in [1.54, 1.807) is 35.9 Å². The maximum absolute atomic E-state index is 13.5. The molecule has 11 heteroatoms. The van der Waals surface area contributed by atoms with Gasteiger partial charge in [0.1, 0.15) is 5.75 Å². The molecule has 0 fully saturated rings. The van der Waals surface area contributed by atoms with Gasteiger partial charge in [0.05, 0.1) is 25.6 Å². The van der Waals surface area contributed by atoms with Crippen LogP contribution in [0, 0.1) is 6.92 Å². The van der Waals surface area contributed by atoms with Gasteiger partial charge in [-0.05, 0) is 74.3 Å². The second kappa shape index (κ2) is 17.5. The van der Waals surface area contributed by atoms with Crippen molar-refractivity contribution in [2.75, 3.05) is 51.3 Å². The van der Waals surface area contributed by atoms with E-state index in [1.165, 1.54) is 0 Å². The number of benzene rings is 2. The third kappa shape index (κ3) is 9.69. The molecular weight excluding hydrogens is 592 g/mol. The molecule has 3 aromatic rings. The van der Waals surface area contributed by atoms with Crippen molar-refractivity contribution in [3.05, 3.63) is 64.3 Å². The number of hydrogen-bond acceptors (Lipinski definition) is 7. The quantitative estimate of drug-likeness (QED) is 0.127. The summed E-state index contributed by atoms with van der Waals surface area (Å²) < 4.78 is 7.08. The molecule has 2 amide bonds. The molecule has 2 aromatic carbocycles. The monoisotopic (exact) mass is 632 g/mol. The molecule has 0 aliphatic rings. The number of carbonyl (C=O) groups is 3. The largest absolute Gasteiger partial charge is 0.497 e. The van der Waals surface area contributed by atoms with Gasteiger partial charge in [-0.3, -0.25) is 23.9 Å². The average Bonchev–Trinajstić information content (AvgIpc) is 3.25. The van der Waals surface area contributed by atoms with E-state index in [1.807, 2.05) is 25.1 Å². The summed E-state index contributed by atoms with van der Waals surface area (Å²) in [7, 11) is 1.59. The predicted octanol–water partition coefficient (Wildman–Crippen LogP) is 4.80. The molecule has 3 rings (SSSR count). The molecule has 1 heterocycles. The summed E-state index contributed by atoms with van der Waals surface area (Å²) in [5.74, 6) is 1.72. The van der Waals surface area contributed by atoms with Crippen molar-refractivity contribution in [2.45, 2.75) is 39.0 Å². The van der Waals surface area contributed by atoms with E-state index in [4.69, 9.17) is 16.3 Å². The number of rotatable bonds is 17. The summed E-state index contributed by atoms with van der Waals surface area (Å²) in [5, 5.41) is 7.26. The Morgan fingerprint density at radius 3 is 2.31 bits per heavy atom. The highest BCUT2D eigenvalue weighted by molar-refractivity contribution is 7.80. The Balaban J connectivity index is 1.54. The number of nitrogens with zero attached hydrogens (tertiary/aromatic N) is 2. The van der Waals surface area contributed by atoms with E-state index >= 15 is 0 Å². The lowest BCUT2D eigenvalue weighted by Gasteiger charge is -2.20. The first kappa shape index (κ1) is 33.8. The minimum Gasteiger partial charge on any atom is -0.497 e. The number of hydrogen-bond donors (Lipinski definition) is 4. The summed E-state index contributed by atoms with van der Waals surface area (Å²) in [5.41, 5.74) is 2.75. The molecule has 0 unspecified atom stereocenters. The van der Waals surface area contributed by atoms with Gasteiger partial charge < -0.3 is 15.4 Å². The van der Waals surface area contributed by atoms with E-state index in [-0.39, 0.29) is 24.1 Å². The van der Waals surface area contributed by atoms with Crippen molar-refractivity contribution >= 4 is 65.5 Å². The van der Waals surface area contributed by atoms with Crippen LogP contribution in [-0.2, 0) is 16.0 Å². The molecule has 42 heavy (non-hydrogen) atoms. The Bertz CT molecular complexity index is 1350. The zero-order valence-corrected chi connectivity index (χ0v) is 26.9. The molecular formula is C31H41ClN4O4S2. The van der Waals surface area contributed by atoms with E-state index < -0.39 is 0 Å². The third-order valence-corrected chi connectivity index (χ3v) is 7.79. The number of fused-ring (bicyclic) bond motifs is 1. The highest BCUT2D eigenvalue weighted by Gasteiger charge is 2.22. The predicted molar refractivity (Wildman–Crippen MR) is 177 cm³/mol. The normalized spacial score (nSPS) is 11.2. The van der Waals surface area contributed by atoms with Gasteiger partial charge >= 0.3 is 0 Å². The number of ether oxygens (including phenoxy) is 1. The lowest BCUT2D eigenvalue weighted by molar-refractivity contribution is -0.122. The van der Waals surface area contributed by atoms with Gasteiger partial charge in [0.2, 0.25) is 11.8 Å². The summed E-state index contributed by atoms with van der Waals surface area (Å²) in [6, 6.07) is 12.3. The standard InChI is InChI=1S/C31H41ClN4O4S2/c1-22-26(20-29(37)33-13-5-3-4-6-15-35(16-18-42)21-30(38)34-14-17-41)27-19-25(40-2)11-12-28(27)36(22)31(39)23-7-9-24(32)10-8-23/h7-12,19,41-42H,3-6,13-18,20-21H2,1-2H3,(H,33,37)(H,34,38). The Kier molecular flexibility index (Phi) is 14.1. The molecule has 0 saturated heterocycles. The van der Waals surface area contributed by atoms with E-state index in [2.05, 4.69) is 40.8 Å². The van der Waals surface area contributed by atoms with Crippen LogP contribution in [0.5, 0.6) is 5.75 Å².